The lowest BCUT2D eigenvalue weighted by atomic mass is 10.2. The van der Waals surface area contributed by atoms with Gasteiger partial charge in [-0.25, -0.2) is 4.98 Å². The van der Waals surface area contributed by atoms with Gasteiger partial charge >= 0.3 is 0 Å². The van der Waals surface area contributed by atoms with E-state index in [0.29, 0.717) is 17.5 Å². The lowest BCUT2D eigenvalue weighted by Crippen LogP contribution is -2.67. The zero-order chi connectivity index (χ0) is 26.2. The molecule has 9 heteroatoms. The van der Waals surface area contributed by atoms with E-state index < -0.39 is 31.7 Å². The summed E-state index contributed by atoms with van der Waals surface area (Å²) >= 11 is 0. The van der Waals surface area contributed by atoms with Crippen LogP contribution in [0, 0.1) is 10.1 Å². The molecule has 1 saturated heterocycles. The molecule has 2 aromatic heterocycles. The van der Waals surface area contributed by atoms with Crippen molar-refractivity contribution in [1.82, 2.24) is 9.55 Å². The van der Waals surface area contributed by atoms with Gasteiger partial charge in [-0.05, 0) is 21.5 Å². The van der Waals surface area contributed by atoms with Crippen LogP contribution in [0.5, 0.6) is 0 Å². The summed E-state index contributed by atoms with van der Waals surface area (Å²) in [7, 11) is -2.78. The summed E-state index contributed by atoms with van der Waals surface area (Å²) in [6, 6.07) is 23.7. The topological polar surface area (TPSA) is 99.7 Å². The molecule has 3 heterocycles. The number of hydrogen-bond donors (Lipinski definition) is 1. The fourth-order valence-corrected chi connectivity index (χ4v) is 10.0. The molecule has 4 aromatic rings. The Hall–Kier alpha value is -3.37. The molecule has 0 bridgehead atoms. The second-order valence-corrected chi connectivity index (χ2v) is 14.8. The van der Waals surface area contributed by atoms with Crippen LogP contribution in [0.3, 0.4) is 0 Å². The Kier molecular flexibility index (Phi) is 6.72. The van der Waals surface area contributed by atoms with E-state index in [-0.39, 0.29) is 17.3 Å². The predicted molar refractivity (Wildman–Crippen MR) is 144 cm³/mol. The highest BCUT2D eigenvalue weighted by atomic mass is 28.4. The van der Waals surface area contributed by atoms with Crippen LogP contribution in [-0.2, 0) is 9.16 Å². The molecular weight excluding hydrogens is 486 g/mol. The first-order valence-electron chi connectivity index (χ1n) is 12.4. The number of rotatable bonds is 7. The highest BCUT2D eigenvalue weighted by Crippen LogP contribution is 2.39. The lowest BCUT2D eigenvalue weighted by Gasteiger charge is -2.43. The molecule has 5 rings (SSSR count). The van der Waals surface area contributed by atoms with Gasteiger partial charge in [0.2, 0.25) is 0 Å². The number of aliphatic hydroxyl groups is 1. The van der Waals surface area contributed by atoms with E-state index in [4.69, 9.17) is 9.16 Å². The molecule has 0 unspecified atom stereocenters. The van der Waals surface area contributed by atoms with E-state index in [1.807, 2.05) is 36.4 Å². The SMILES string of the molecule is CC(C)(C)[Si](OC[C@H]1O[C@@H](n2ccc3c([N+](=O)[O-])ccnc32)C[C@@H]1O)(c1ccccc1)c1ccccc1. The number of aromatic nitrogens is 2. The third kappa shape index (κ3) is 4.48. The quantitative estimate of drug-likeness (QED) is 0.224. The van der Waals surface area contributed by atoms with E-state index in [1.54, 1.807) is 16.8 Å². The number of pyridine rings is 1. The second-order valence-electron chi connectivity index (χ2n) is 10.5. The van der Waals surface area contributed by atoms with Crippen LogP contribution in [0.1, 0.15) is 33.4 Å². The second kappa shape index (κ2) is 9.83. The van der Waals surface area contributed by atoms with Crippen molar-refractivity contribution in [2.45, 2.75) is 50.7 Å². The van der Waals surface area contributed by atoms with Crippen LogP contribution in [0.25, 0.3) is 11.0 Å². The molecule has 0 radical (unpaired) electrons. The average molecular weight is 518 g/mol. The van der Waals surface area contributed by atoms with Crippen molar-refractivity contribution in [2.24, 2.45) is 0 Å². The van der Waals surface area contributed by atoms with E-state index in [2.05, 4.69) is 50.0 Å². The molecule has 3 atom stereocenters. The van der Waals surface area contributed by atoms with Gasteiger partial charge in [0.1, 0.15) is 18.0 Å². The molecule has 1 fully saturated rings. The highest BCUT2D eigenvalue weighted by Gasteiger charge is 2.51. The van der Waals surface area contributed by atoms with Crippen molar-refractivity contribution in [3.8, 4) is 0 Å². The lowest BCUT2D eigenvalue weighted by molar-refractivity contribution is -0.383. The third-order valence-electron chi connectivity index (χ3n) is 7.18. The summed E-state index contributed by atoms with van der Waals surface area (Å²) in [6.45, 7) is 6.84. The zero-order valence-electron chi connectivity index (χ0n) is 21.2. The van der Waals surface area contributed by atoms with E-state index in [0.717, 1.165) is 10.4 Å². The Balaban J connectivity index is 1.45. The molecule has 0 aliphatic carbocycles. The summed E-state index contributed by atoms with van der Waals surface area (Å²) in [5, 5.41) is 25.0. The van der Waals surface area contributed by atoms with Crippen LogP contribution in [0.4, 0.5) is 5.69 Å². The molecule has 0 saturated carbocycles. The first kappa shape index (κ1) is 25.3. The van der Waals surface area contributed by atoms with Gasteiger partial charge in [0.05, 0.1) is 23.0 Å². The normalized spacial score (nSPS) is 20.4. The summed E-state index contributed by atoms with van der Waals surface area (Å²) in [5.41, 5.74) is 0.453. The van der Waals surface area contributed by atoms with Gasteiger partial charge in [-0.15, -0.1) is 0 Å². The third-order valence-corrected chi connectivity index (χ3v) is 12.2. The summed E-state index contributed by atoms with van der Waals surface area (Å²) < 4.78 is 15.0. The molecule has 37 heavy (non-hydrogen) atoms. The largest absolute Gasteiger partial charge is 0.405 e. The zero-order valence-corrected chi connectivity index (χ0v) is 22.2. The van der Waals surface area contributed by atoms with Crippen molar-refractivity contribution in [3.05, 3.63) is 95.3 Å². The minimum absolute atomic E-state index is 0.00568. The van der Waals surface area contributed by atoms with E-state index in [9.17, 15) is 15.2 Å². The van der Waals surface area contributed by atoms with Crippen LogP contribution < -0.4 is 10.4 Å². The fraction of sp³-hybridized carbons (Fsp3) is 0.321. The summed E-state index contributed by atoms with van der Waals surface area (Å²) in [6.07, 6.45) is 1.68. The Morgan fingerprint density at radius 2 is 1.70 bits per heavy atom. The number of ether oxygens (including phenoxy) is 1. The molecular formula is C28H31N3O5Si. The van der Waals surface area contributed by atoms with Crippen LogP contribution in [-0.4, -0.2) is 46.7 Å². The van der Waals surface area contributed by atoms with E-state index >= 15 is 0 Å². The van der Waals surface area contributed by atoms with E-state index in [1.165, 1.54) is 12.3 Å². The Morgan fingerprint density at radius 3 is 2.27 bits per heavy atom. The van der Waals surface area contributed by atoms with Crippen molar-refractivity contribution < 1.29 is 19.2 Å². The summed E-state index contributed by atoms with van der Waals surface area (Å²) in [5.74, 6) is 0. The monoisotopic (exact) mass is 517 g/mol. The van der Waals surface area contributed by atoms with Gasteiger partial charge in [0.15, 0.2) is 0 Å². The van der Waals surface area contributed by atoms with Gasteiger partial charge in [-0.1, -0.05) is 81.4 Å². The fourth-order valence-electron chi connectivity index (χ4n) is 5.44. The first-order valence-corrected chi connectivity index (χ1v) is 14.3. The maximum Gasteiger partial charge on any atom is 0.281 e. The smallest absolute Gasteiger partial charge is 0.281 e. The van der Waals surface area contributed by atoms with Crippen molar-refractivity contribution >= 4 is 35.4 Å². The minimum Gasteiger partial charge on any atom is -0.405 e. The van der Waals surface area contributed by atoms with Crippen molar-refractivity contribution in [3.63, 3.8) is 0 Å². The molecule has 2 aromatic carbocycles. The number of aliphatic hydroxyl groups excluding tert-OH is 1. The van der Waals surface area contributed by atoms with Gasteiger partial charge < -0.3 is 18.8 Å². The number of nitro groups is 1. The molecule has 0 amide bonds. The maximum atomic E-state index is 11.4. The van der Waals surface area contributed by atoms with Crippen LogP contribution >= 0.6 is 0 Å². The standard InChI is InChI=1S/C28H31N3O5Si/c1-28(2,3)37(20-10-6-4-7-11-20,21-12-8-5-9-13-21)35-19-25-24(32)18-26(36-25)30-17-15-22-23(31(33)34)14-16-29-27(22)30/h4-17,24-26,32H,18-19H2,1-3H3/t24-,25+,26+/m0/s1. The Labute approximate surface area is 216 Å². The van der Waals surface area contributed by atoms with Gasteiger partial charge in [0.25, 0.3) is 14.0 Å². The summed E-state index contributed by atoms with van der Waals surface area (Å²) in [4.78, 5) is 15.4. The molecule has 1 aliphatic heterocycles. The maximum absolute atomic E-state index is 11.4. The number of hydrogen-bond acceptors (Lipinski definition) is 6. The van der Waals surface area contributed by atoms with Crippen molar-refractivity contribution in [1.29, 1.82) is 0 Å². The number of benzene rings is 2. The highest BCUT2D eigenvalue weighted by molar-refractivity contribution is 6.99. The van der Waals surface area contributed by atoms with Crippen molar-refractivity contribution in [2.75, 3.05) is 6.61 Å². The minimum atomic E-state index is -2.78. The average Bonchev–Trinajstić information content (AvgIpc) is 3.48. The van der Waals surface area contributed by atoms with Gasteiger partial charge in [-0.3, -0.25) is 10.1 Å². The number of fused-ring (bicyclic) bond motifs is 1. The predicted octanol–water partition coefficient (Wildman–Crippen LogP) is 4.17. The molecule has 0 spiro atoms. The molecule has 8 nitrogen and oxygen atoms in total. The Morgan fingerprint density at radius 1 is 1.08 bits per heavy atom. The van der Waals surface area contributed by atoms with Gasteiger partial charge in [0, 0.05) is 24.9 Å². The van der Waals surface area contributed by atoms with Crippen LogP contribution in [0.15, 0.2) is 85.2 Å². The van der Waals surface area contributed by atoms with Gasteiger partial charge in [-0.2, -0.15) is 0 Å². The molecule has 1 N–H and O–H groups in total. The molecule has 192 valence electrons. The van der Waals surface area contributed by atoms with Crippen LogP contribution in [0.2, 0.25) is 5.04 Å². The Bertz CT molecular complexity index is 1350. The molecule has 1 aliphatic rings. The number of nitrogens with zero attached hydrogens (tertiary/aromatic N) is 3. The first-order chi connectivity index (χ1) is 17.7.